The van der Waals surface area contributed by atoms with E-state index < -0.39 is 5.97 Å². The number of rotatable bonds is 5. The van der Waals surface area contributed by atoms with Crippen molar-refractivity contribution in [1.82, 2.24) is 0 Å². The third-order valence-corrected chi connectivity index (χ3v) is 4.06. The van der Waals surface area contributed by atoms with Crippen molar-refractivity contribution in [2.24, 2.45) is 5.92 Å². The molecule has 2 fully saturated rings. The summed E-state index contributed by atoms with van der Waals surface area (Å²) in [4.78, 5) is 13.5. The zero-order chi connectivity index (χ0) is 12.7. The standard InChI is InChI=1S/C14H16BrNO2/c15-11-5-10(14(17)18)6-13(7-11)16(12-3-4-12)8-9-1-2-9/h5-7,9,12H,1-4,8H2,(H,17,18). The number of anilines is 1. The molecule has 1 aromatic rings. The maximum absolute atomic E-state index is 11.1. The fourth-order valence-corrected chi connectivity index (χ4v) is 2.77. The van der Waals surface area contributed by atoms with E-state index in [0.717, 1.165) is 22.6 Å². The van der Waals surface area contributed by atoms with E-state index in [0.29, 0.717) is 11.6 Å². The Morgan fingerprint density at radius 2 is 2.00 bits per heavy atom. The predicted octanol–water partition coefficient (Wildman–Crippen LogP) is 3.53. The van der Waals surface area contributed by atoms with Crippen molar-refractivity contribution in [2.75, 3.05) is 11.4 Å². The largest absolute Gasteiger partial charge is 0.478 e. The Balaban J connectivity index is 1.89. The molecule has 2 saturated carbocycles. The molecule has 3 nitrogen and oxygen atoms in total. The monoisotopic (exact) mass is 309 g/mol. The highest BCUT2D eigenvalue weighted by Crippen LogP contribution is 2.38. The molecule has 0 radical (unpaired) electrons. The van der Waals surface area contributed by atoms with Gasteiger partial charge >= 0.3 is 5.97 Å². The van der Waals surface area contributed by atoms with Crippen molar-refractivity contribution in [3.63, 3.8) is 0 Å². The van der Waals surface area contributed by atoms with Gasteiger partial charge in [0.15, 0.2) is 0 Å². The molecule has 1 aromatic carbocycles. The second-order valence-corrected chi connectivity index (χ2v) is 6.25. The van der Waals surface area contributed by atoms with Gasteiger partial charge in [-0.3, -0.25) is 0 Å². The van der Waals surface area contributed by atoms with Crippen LogP contribution in [-0.2, 0) is 0 Å². The fraction of sp³-hybridized carbons (Fsp3) is 0.500. The van der Waals surface area contributed by atoms with Crippen LogP contribution in [0.1, 0.15) is 36.0 Å². The smallest absolute Gasteiger partial charge is 0.335 e. The first kappa shape index (κ1) is 12.0. The number of carboxylic acids is 1. The minimum absolute atomic E-state index is 0.362. The van der Waals surface area contributed by atoms with E-state index in [2.05, 4.69) is 20.8 Å². The van der Waals surface area contributed by atoms with Crippen molar-refractivity contribution in [3.8, 4) is 0 Å². The summed E-state index contributed by atoms with van der Waals surface area (Å²) in [5, 5.41) is 9.12. The average Bonchev–Trinajstić information content (AvgIpc) is 3.17. The summed E-state index contributed by atoms with van der Waals surface area (Å²) in [6, 6.07) is 6.12. The molecule has 0 amide bonds. The van der Waals surface area contributed by atoms with Crippen LogP contribution < -0.4 is 4.90 Å². The van der Waals surface area contributed by atoms with E-state index in [-0.39, 0.29) is 0 Å². The molecule has 96 valence electrons. The van der Waals surface area contributed by atoms with Gasteiger partial charge in [-0.05, 0) is 49.8 Å². The molecule has 0 aromatic heterocycles. The average molecular weight is 310 g/mol. The molecule has 0 aliphatic heterocycles. The van der Waals surface area contributed by atoms with E-state index in [1.807, 2.05) is 6.07 Å². The minimum Gasteiger partial charge on any atom is -0.478 e. The van der Waals surface area contributed by atoms with Gasteiger partial charge in [0, 0.05) is 22.7 Å². The third kappa shape index (κ3) is 2.69. The van der Waals surface area contributed by atoms with Crippen LogP contribution in [0.5, 0.6) is 0 Å². The van der Waals surface area contributed by atoms with Crippen molar-refractivity contribution in [3.05, 3.63) is 28.2 Å². The van der Waals surface area contributed by atoms with Crippen molar-refractivity contribution in [1.29, 1.82) is 0 Å². The highest BCUT2D eigenvalue weighted by atomic mass is 79.9. The highest BCUT2D eigenvalue weighted by molar-refractivity contribution is 9.10. The van der Waals surface area contributed by atoms with Gasteiger partial charge in [-0.15, -0.1) is 0 Å². The molecule has 2 aliphatic rings. The van der Waals surface area contributed by atoms with Crippen LogP contribution in [0.2, 0.25) is 0 Å². The molecule has 0 bridgehead atoms. The first-order valence-corrected chi connectivity index (χ1v) is 7.23. The molecular formula is C14H16BrNO2. The number of nitrogens with zero attached hydrogens (tertiary/aromatic N) is 1. The lowest BCUT2D eigenvalue weighted by molar-refractivity contribution is 0.0697. The number of carboxylic acid groups (broad SMARTS) is 1. The number of hydrogen-bond donors (Lipinski definition) is 1. The molecule has 3 rings (SSSR count). The van der Waals surface area contributed by atoms with Gasteiger partial charge in [-0.1, -0.05) is 15.9 Å². The lowest BCUT2D eigenvalue weighted by Crippen LogP contribution is -2.28. The van der Waals surface area contributed by atoms with Crippen molar-refractivity contribution >= 4 is 27.6 Å². The lowest BCUT2D eigenvalue weighted by atomic mass is 10.1. The Labute approximate surface area is 115 Å². The SMILES string of the molecule is O=C(O)c1cc(Br)cc(N(CC2CC2)C2CC2)c1. The van der Waals surface area contributed by atoms with Crippen molar-refractivity contribution < 1.29 is 9.90 Å². The van der Waals surface area contributed by atoms with Crippen LogP contribution in [0.25, 0.3) is 0 Å². The number of carbonyl (C=O) groups is 1. The van der Waals surface area contributed by atoms with Crippen LogP contribution in [-0.4, -0.2) is 23.7 Å². The molecule has 0 saturated heterocycles. The van der Waals surface area contributed by atoms with E-state index in [1.165, 1.54) is 25.7 Å². The zero-order valence-corrected chi connectivity index (χ0v) is 11.7. The van der Waals surface area contributed by atoms with E-state index in [9.17, 15) is 4.79 Å². The quantitative estimate of drug-likeness (QED) is 0.904. The first-order valence-electron chi connectivity index (χ1n) is 6.44. The maximum Gasteiger partial charge on any atom is 0.335 e. The number of halogens is 1. The topological polar surface area (TPSA) is 40.5 Å². The van der Waals surface area contributed by atoms with Gasteiger partial charge in [0.1, 0.15) is 0 Å². The van der Waals surface area contributed by atoms with Crippen LogP contribution in [0.4, 0.5) is 5.69 Å². The third-order valence-electron chi connectivity index (χ3n) is 3.60. The van der Waals surface area contributed by atoms with Crippen LogP contribution >= 0.6 is 15.9 Å². The van der Waals surface area contributed by atoms with Gasteiger partial charge in [0.25, 0.3) is 0 Å². The van der Waals surface area contributed by atoms with Crippen molar-refractivity contribution in [2.45, 2.75) is 31.7 Å². The lowest BCUT2D eigenvalue weighted by Gasteiger charge is -2.25. The summed E-state index contributed by atoms with van der Waals surface area (Å²) in [5.41, 5.74) is 1.41. The predicted molar refractivity (Wildman–Crippen MR) is 74.2 cm³/mol. The molecule has 0 heterocycles. The van der Waals surface area contributed by atoms with E-state index in [4.69, 9.17) is 5.11 Å². The first-order chi connectivity index (χ1) is 8.63. The summed E-state index contributed by atoms with van der Waals surface area (Å²) >= 11 is 3.41. The summed E-state index contributed by atoms with van der Waals surface area (Å²) in [6.45, 7) is 1.08. The van der Waals surface area contributed by atoms with Gasteiger partial charge in [0.05, 0.1) is 5.56 Å². The van der Waals surface area contributed by atoms with Gasteiger partial charge in [-0.2, -0.15) is 0 Å². The molecule has 0 unspecified atom stereocenters. The highest BCUT2D eigenvalue weighted by Gasteiger charge is 2.34. The van der Waals surface area contributed by atoms with Gasteiger partial charge in [0.2, 0.25) is 0 Å². The summed E-state index contributed by atoms with van der Waals surface area (Å²) < 4.78 is 0.846. The van der Waals surface area contributed by atoms with Crippen LogP contribution in [0.15, 0.2) is 22.7 Å². The summed E-state index contributed by atoms with van der Waals surface area (Å²) in [5.74, 6) is -0.0439. The number of hydrogen-bond acceptors (Lipinski definition) is 2. The summed E-state index contributed by atoms with van der Waals surface area (Å²) in [6.07, 6.45) is 5.12. The van der Waals surface area contributed by atoms with Gasteiger partial charge in [-0.25, -0.2) is 4.79 Å². The Kier molecular flexibility index (Phi) is 3.06. The molecule has 4 heteroatoms. The number of benzene rings is 1. The van der Waals surface area contributed by atoms with Gasteiger partial charge < -0.3 is 10.0 Å². The van der Waals surface area contributed by atoms with E-state index >= 15 is 0 Å². The maximum atomic E-state index is 11.1. The molecular weight excluding hydrogens is 294 g/mol. The minimum atomic E-state index is -0.861. The summed E-state index contributed by atoms with van der Waals surface area (Å²) in [7, 11) is 0. The Morgan fingerprint density at radius 3 is 2.56 bits per heavy atom. The molecule has 18 heavy (non-hydrogen) atoms. The number of aromatic carboxylic acids is 1. The second kappa shape index (κ2) is 4.57. The van der Waals surface area contributed by atoms with Crippen LogP contribution in [0, 0.1) is 5.92 Å². The zero-order valence-electron chi connectivity index (χ0n) is 10.1. The van der Waals surface area contributed by atoms with E-state index in [1.54, 1.807) is 12.1 Å². The van der Waals surface area contributed by atoms with Crippen LogP contribution in [0.3, 0.4) is 0 Å². The molecule has 1 N–H and O–H groups in total. The second-order valence-electron chi connectivity index (χ2n) is 5.33. The Bertz CT molecular complexity index is 481. The Morgan fingerprint density at radius 1 is 1.28 bits per heavy atom. The Hall–Kier alpha value is -1.03. The molecule has 2 aliphatic carbocycles. The molecule has 0 spiro atoms. The molecule has 0 atom stereocenters. The fourth-order valence-electron chi connectivity index (χ4n) is 2.29. The normalized spacial score (nSPS) is 18.7.